The summed E-state index contributed by atoms with van der Waals surface area (Å²) in [6, 6.07) is 5.70. The molecular formula is C22H29F3N4O3. The van der Waals surface area contributed by atoms with Crippen molar-refractivity contribution < 1.29 is 27.4 Å². The van der Waals surface area contributed by atoms with Crippen LogP contribution in [0.25, 0.3) is 5.69 Å². The van der Waals surface area contributed by atoms with Gasteiger partial charge in [-0.1, -0.05) is 0 Å². The van der Waals surface area contributed by atoms with Crippen molar-refractivity contribution in [1.82, 2.24) is 14.7 Å². The van der Waals surface area contributed by atoms with Crippen LogP contribution in [0.2, 0.25) is 0 Å². The molecule has 0 unspecified atom stereocenters. The Hall–Kier alpha value is -2.30. The minimum absolute atomic E-state index is 0.249. The van der Waals surface area contributed by atoms with Crippen LogP contribution in [0.15, 0.2) is 30.5 Å². The minimum atomic E-state index is -4.70. The lowest BCUT2D eigenvalue weighted by Crippen LogP contribution is -2.40. The summed E-state index contributed by atoms with van der Waals surface area (Å²) in [7, 11) is 0. The highest BCUT2D eigenvalue weighted by Crippen LogP contribution is 2.27. The van der Waals surface area contributed by atoms with E-state index in [9.17, 15) is 13.2 Å². The third kappa shape index (κ3) is 6.14. The lowest BCUT2D eigenvalue weighted by atomic mass is 10.1. The summed E-state index contributed by atoms with van der Waals surface area (Å²) >= 11 is 0. The van der Waals surface area contributed by atoms with Gasteiger partial charge in [0.1, 0.15) is 5.75 Å². The van der Waals surface area contributed by atoms with Crippen molar-refractivity contribution in [3.05, 3.63) is 36.0 Å². The number of aromatic nitrogens is 2. The van der Waals surface area contributed by atoms with E-state index in [4.69, 9.17) is 9.47 Å². The molecule has 2 aliphatic heterocycles. The summed E-state index contributed by atoms with van der Waals surface area (Å²) < 4.78 is 54.1. The Kier molecular flexibility index (Phi) is 7.22. The van der Waals surface area contributed by atoms with E-state index in [1.165, 1.54) is 12.1 Å². The number of halogens is 3. The molecule has 10 heteroatoms. The molecule has 2 aliphatic rings. The Labute approximate surface area is 185 Å². The molecular weight excluding hydrogens is 425 g/mol. The quantitative estimate of drug-likeness (QED) is 0.639. The number of alkyl halides is 3. The highest BCUT2D eigenvalue weighted by molar-refractivity contribution is 5.48. The van der Waals surface area contributed by atoms with Gasteiger partial charge in [0.25, 0.3) is 0 Å². The molecule has 0 radical (unpaired) electrons. The van der Waals surface area contributed by atoms with E-state index < -0.39 is 6.36 Å². The smallest absolute Gasteiger partial charge is 0.406 e. The van der Waals surface area contributed by atoms with Crippen molar-refractivity contribution in [2.24, 2.45) is 0 Å². The van der Waals surface area contributed by atoms with Gasteiger partial charge in [-0.2, -0.15) is 0 Å². The van der Waals surface area contributed by atoms with Crippen molar-refractivity contribution in [3.63, 3.8) is 0 Å². The van der Waals surface area contributed by atoms with Crippen molar-refractivity contribution in [1.29, 1.82) is 0 Å². The van der Waals surface area contributed by atoms with Gasteiger partial charge in [-0.3, -0.25) is 4.90 Å². The van der Waals surface area contributed by atoms with Crippen LogP contribution in [0.4, 0.5) is 19.0 Å². The summed E-state index contributed by atoms with van der Waals surface area (Å²) in [4.78, 5) is 4.62. The Morgan fingerprint density at radius 3 is 2.41 bits per heavy atom. The standard InChI is InChI=1S/C22H29F3N4O3/c1-17-16-29(18-2-4-20(5-3-18)32-22(23,24)25)26-21(17)28-8-6-19(7-9-28)31-15-12-27-10-13-30-14-11-27/h2-5,16,19H,6-15H2,1H3. The number of ether oxygens (including phenoxy) is 3. The van der Waals surface area contributed by atoms with Crippen molar-refractivity contribution in [3.8, 4) is 11.4 Å². The molecule has 0 bridgehead atoms. The zero-order valence-electron chi connectivity index (χ0n) is 18.2. The number of piperidine rings is 1. The van der Waals surface area contributed by atoms with Crippen molar-refractivity contribution in [2.75, 3.05) is 57.4 Å². The highest BCUT2D eigenvalue weighted by atomic mass is 19.4. The van der Waals surface area contributed by atoms with Gasteiger partial charge in [-0.15, -0.1) is 18.3 Å². The first-order valence-corrected chi connectivity index (χ1v) is 11.0. The van der Waals surface area contributed by atoms with Gasteiger partial charge < -0.3 is 19.1 Å². The lowest BCUT2D eigenvalue weighted by molar-refractivity contribution is -0.274. The summed E-state index contributed by atoms with van der Waals surface area (Å²) in [6.45, 7) is 8.95. The SMILES string of the molecule is Cc1cn(-c2ccc(OC(F)(F)F)cc2)nc1N1CCC(OCCN2CCOCC2)CC1. The molecule has 4 rings (SSSR count). The molecule has 2 aromatic rings. The van der Waals surface area contributed by atoms with Crippen LogP contribution in [0, 0.1) is 6.92 Å². The first kappa shape index (κ1) is 22.9. The summed E-state index contributed by atoms with van der Waals surface area (Å²) in [5.41, 5.74) is 1.70. The fourth-order valence-corrected chi connectivity index (χ4v) is 4.10. The normalized spacial score (nSPS) is 18.8. The Bertz CT molecular complexity index is 858. The zero-order chi connectivity index (χ0) is 22.6. The second-order valence-electron chi connectivity index (χ2n) is 8.13. The maximum Gasteiger partial charge on any atom is 0.573 e. The van der Waals surface area contributed by atoms with Crippen LogP contribution in [-0.4, -0.2) is 79.7 Å². The Morgan fingerprint density at radius 2 is 1.75 bits per heavy atom. The second kappa shape index (κ2) is 10.1. The maximum atomic E-state index is 12.3. The van der Waals surface area contributed by atoms with E-state index in [-0.39, 0.29) is 11.9 Å². The summed E-state index contributed by atoms with van der Waals surface area (Å²) in [5.74, 6) is 0.647. The predicted molar refractivity (Wildman–Crippen MR) is 113 cm³/mol. The molecule has 1 aromatic heterocycles. The molecule has 2 saturated heterocycles. The van der Waals surface area contributed by atoms with Gasteiger partial charge in [0.2, 0.25) is 0 Å². The van der Waals surface area contributed by atoms with E-state index in [0.29, 0.717) is 5.69 Å². The second-order valence-corrected chi connectivity index (χ2v) is 8.13. The summed E-state index contributed by atoms with van der Waals surface area (Å²) in [5, 5.41) is 4.68. The number of morpholine rings is 1. The number of anilines is 1. The maximum absolute atomic E-state index is 12.3. The van der Waals surface area contributed by atoms with Crippen molar-refractivity contribution in [2.45, 2.75) is 32.2 Å². The molecule has 176 valence electrons. The first-order valence-electron chi connectivity index (χ1n) is 11.0. The monoisotopic (exact) mass is 454 g/mol. The predicted octanol–water partition coefficient (Wildman–Crippen LogP) is 3.40. The molecule has 0 spiro atoms. The van der Waals surface area contributed by atoms with E-state index in [1.54, 1.807) is 16.8 Å². The molecule has 0 saturated carbocycles. The van der Waals surface area contributed by atoms with Gasteiger partial charge in [0, 0.05) is 44.5 Å². The number of nitrogens with zero attached hydrogens (tertiary/aromatic N) is 4. The molecule has 0 amide bonds. The molecule has 2 fully saturated rings. The molecule has 3 heterocycles. The first-order chi connectivity index (χ1) is 15.4. The van der Waals surface area contributed by atoms with Crippen LogP contribution in [0.3, 0.4) is 0 Å². The number of aryl methyl sites for hydroxylation is 1. The number of rotatable bonds is 7. The fourth-order valence-electron chi connectivity index (χ4n) is 4.10. The van der Waals surface area contributed by atoms with Gasteiger partial charge in [0.15, 0.2) is 5.82 Å². The molecule has 32 heavy (non-hydrogen) atoms. The largest absolute Gasteiger partial charge is 0.573 e. The molecule has 0 atom stereocenters. The molecule has 0 N–H and O–H groups in total. The minimum Gasteiger partial charge on any atom is -0.406 e. The number of benzene rings is 1. The fraction of sp³-hybridized carbons (Fsp3) is 0.591. The van der Waals surface area contributed by atoms with Gasteiger partial charge in [-0.05, 0) is 44.0 Å². The van der Waals surface area contributed by atoms with Gasteiger partial charge >= 0.3 is 6.36 Å². The van der Waals surface area contributed by atoms with Crippen LogP contribution in [0.5, 0.6) is 5.75 Å². The molecule has 0 aliphatic carbocycles. The Balaban J connectivity index is 1.28. The summed E-state index contributed by atoms with van der Waals surface area (Å²) in [6.07, 6.45) is -0.664. The Morgan fingerprint density at radius 1 is 1.06 bits per heavy atom. The average Bonchev–Trinajstić information content (AvgIpc) is 3.16. The average molecular weight is 454 g/mol. The van der Waals surface area contributed by atoms with Crippen molar-refractivity contribution >= 4 is 5.82 Å². The van der Waals surface area contributed by atoms with E-state index in [2.05, 4.69) is 19.6 Å². The van der Waals surface area contributed by atoms with E-state index >= 15 is 0 Å². The number of hydrogen-bond acceptors (Lipinski definition) is 6. The van der Waals surface area contributed by atoms with Gasteiger partial charge in [0.05, 0.1) is 31.6 Å². The third-order valence-electron chi connectivity index (χ3n) is 5.81. The zero-order valence-corrected chi connectivity index (χ0v) is 18.2. The van der Waals surface area contributed by atoms with Crippen LogP contribution < -0.4 is 9.64 Å². The molecule has 7 nitrogen and oxygen atoms in total. The van der Waals surface area contributed by atoms with E-state index in [1.807, 2.05) is 13.1 Å². The number of hydrogen-bond donors (Lipinski definition) is 0. The van der Waals surface area contributed by atoms with Crippen LogP contribution in [0.1, 0.15) is 18.4 Å². The third-order valence-corrected chi connectivity index (χ3v) is 5.81. The highest BCUT2D eigenvalue weighted by Gasteiger charge is 2.31. The van der Waals surface area contributed by atoms with Crippen LogP contribution in [-0.2, 0) is 9.47 Å². The van der Waals surface area contributed by atoms with E-state index in [0.717, 1.165) is 76.8 Å². The van der Waals surface area contributed by atoms with Crippen LogP contribution >= 0.6 is 0 Å². The van der Waals surface area contributed by atoms with Gasteiger partial charge in [-0.25, -0.2) is 4.68 Å². The lowest BCUT2D eigenvalue weighted by Gasteiger charge is -2.33. The molecule has 1 aromatic carbocycles. The topological polar surface area (TPSA) is 52.0 Å².